The van der Waals surface area contributed by atoms with E-state index in [0.717, 1.165) is 46.4 Å². The Kier molecular flexibility index (Phi) is 9.92. The zero-order chi connectivity index (χ0) is 27.2. The van der Waals surface area contributed by atoms with Gasteiger partial charge < -0.3 is 10.2 Å². The Bertz CT molecular complexity index is 1190. The molecule has 0 heterocycles. The Morgan fingerprint density at radius 2 is 1.70 bits per heavy atom. The van der Waals surface area contributed by atoms with Gasteiger partial charge in [-0.05, 0) is 55.2 Å². The number of hydrogen-bond acceptors (Lipinski definition) is 4. The predicted molar refractivity (Wildman–Crippen MR) is 143 cm³/mol. The standard InChI is InChI=1S/C26H34ClFN4O4S/c1-4-24(26(34)29-21-10-6-7-11-21)31(17-19-9-5-8-12-23(19)27)25(33)18-32(37(35,36)30(2)3)22-15-13-20(28)14-16-22/h5,8-9,12-16,21,24H,4,6-7,10-11,17-18H2,1-3H3,(H,29,34)/t24-/m1/s1. The van der Waals surface area contributed by atoms with Gasteiger partial charge in [-0.1, -0.05) is 49.6 Å². The van der Waals surface area contributed by atoms with E-state index in [2.05, 4.69) is 5.32 Å². The van der Waals surface area contributed by atoms with Crippen LogP contribution >= 0.6 is 11.6 Å². The van der Waals surface area contributed by atoms with Crippen molar-refractivity contribution in [2.24, 2.45) is 0 Å². The Hall–Kier alpha value is -2.69. The predicted octanol–water partition coefficient (Wildman–Crippen LogP) is 3.96. The summed E-state index contributed by atoms with van der Waals surface area (Å²) >= 11 is 6.38. The van der Waals surface area contributed by atoms with Crippen LogP contribution in [0.25, 0.3) is 0 Å². The normalized spacial score (nSPS) is 15.0. The molecule has 2 aromatic rings. The molecule has 2 aromatic carbocycles. The average molecular weight is 553 g/mol. The van der Waals surface area contributed by atoms with Gasteiger partial charge in [-0.15, -0.1) is 0 Å². The van der Waals surface area contributed by atoms with Crippen molar-refractivity contribution in [1.29, 1.82) is 0 Å². The molecular formula is C26H34ClFN4O4S. The number of nitrogens with one attached hydrogen (secondary N) is 1. The van der Waals surface area contributed by atoms with Crippen LogP contribution in [-0.2, 0) is 26.3 Å². The first-order valence-electron chi connectivity index (χ1n) is 12.3. The highest BCUT2D eigenvalue weighted by molar-refractivity contribution is 7.90. The summed E-state index contributed by atoms with van der Waals surface area (Å²) < 4.78 is 41.8. The molecule has 0 spiro atoms. The van der Waals surface area contributed by atoms with Crippen LogP contribution in [0.3, 0.4) is 0 Å². The first-order valence-corrected chi connectivity index (χ1v) is 14.1. The van der Waals surface area contributed by atoms with Gasteiger partial charge in [0.1, 0.15) is 18.4 Å². The molecule has 11 heteroatoms. The molecule has 0 aromatic heterocycles. The van der Waals surface area contributed by atoms with Gasteiger partial charge in [-0.25, -0.2) is 8.70 Å². The van der Waals surface area contributed by atoms with E-state index in [9.17, 15) is 22.4 Å². The van der Waals surface area contributed by atoms with E-state index in [0.29, 0.717) is 17.0 Å². The van der Waals surface area contributed by atoms with Crippen LogP contribution in [0.1, 0.15) is 44.6 Å². The molecule has 1 fully saturated rings. The summed E-state index contributed by atoms with van der Waals surface area (Å²) in [5.74, 6) is -1.39. The molecule has 0 unspecified atom stereocenters. The molecule has 3 rings (SSSR count). The molecule has 0 bridgehead atoms. The van der Waals surface area contributed by atoms with Gasteiger partial charge in [0.15, 0.2) is 0 Å². The SMILES string of the molecule is CC[C@H](C(=O)NC1CCCC1)N(Cc1ccccc1Cl)C(=O)CN(c1ccc(F)cc1)S(=O)(=O)N(C)C. The highest BCUT2D eigenvalue weighted by Gasteiger charge is 2.34. The molecule has 202 valence electrons. The minimum absolute atomic E-state index is 0.0222. The molecule has 0 radical (unpaired) electrons. The van der Waals surface area contributed by atoms with E-state index >= 15 is 0 Å². The first-order chi connectivity index (χ1) is 17.5. The summed E-state index contributed by atoms with van der Waals surface area (Å²) in [5, 5.41) is 3.49. The van der Waals surface area contributed by atoms with E-state index < -0.39 is 34.5 Å². The van der Waals surface area contributed by atoms with E-state index in [1.807, 2.05) is 0 Å². The second-order valence-electron chi connectivity index (χ2n) is 9.30. The van der Waals surface area contributed by atoms with Gasteiger partial charge in [-0.2, -0.15) is 12.7 Å². The molecular weight excluding hydrogens is 519 g/mol. The lowest BCUT2D eigenvalue weighted by atomic mass is 10.1. The summed E-state index contributed by atoms with van der Waals surface area (Å²) in [5.41, 5.74) is 0.762. The van der Waals surface area contributed by atoms with Crippen LogP contribution in [-0.4, -0.2) is 62.2 Å². The quantitative estimate of drug-likeness (QED) is 0.457. The lowest BCUT2D eigenvalue weighted by molar-refractivity contribution is -0.140. The molecule has 1 aliphatic carbocycles. The third-order valence-corrected chi connectivity index (χ3v) is 8.71. The number of hydrogen-bond donors (Lipinski definition) is 1. The van der Waals surface area contributed by atoms with Gasteiger partial charge in [0.25, 0.3) is 0 Å². The largest absolute Gasteiger partial charge is 0.352 e. The zero-order valence-corrected chi connectivity index (χ0v) is 22.9. The van der Waals surface area contributed by atoms with Gasteiger partial charge in [0.2, 0.25) is 11.8 Å². The van der Waals surface area contributed by atoms with Crippen LogP contribution in [0.5, 0.6) is 0 Å². The van der Waals surface area contributed by atoms with Crippen molar-refractivity contribution >= 4 is 39.3 Å². The average Bonchev–Trinajstić information content (AvgIpc) is 3.37. The Labute approximate surface area is 223 Å². The van der Waals surface area contributed by atoms with Crippen LogP contribution in [0.4, 0.5) is 10.1 Å². The Morgan fingerprint density at radius 3 is 2.27 bits per heavy atom. The molecule has 1 N–H and O–H groups in total. The van der Waals surface area contributed by atoms with Crippen LogP contribution in [0.2, 0.25) is 5.02 Å². The first kappa shape index (κ1) is 28.9. The van der Waals surface area contributed by atoms with Crippen molar-refractivity contribution < 1.29 is 22.4 Å². The third-order valence-electron chi connectivity index (χ3n) is 6.52. The maximum absolute atomic E-state index is 13.8. The number of amides is 2. The second kappa shape index (κ2) is 12.7. The number of benzene rings is 2. The summed E-state index contributed by atoms with van der Waals surface area (Å²) in [6, 6.07) is 11.1. The van der Waals surface area contributed by atoms with Crippen molar-refractivity contribution in [2.45, 2.75) is 57.7 Å². The molecule has 1 aliphatic rings. The fraction of sp³-hybridized carbons (Fsp3) is 0.462. The highest BCUT2D eigenvalue weighted by Crippen LogP contribution is 2.24. The van der Waals surface area contributed by atoms with Crippen molar-refractivity contribution in [3.05, 3.63) is 64.9 Å². The van der Waals surface area contributed by atoms with Gasteiger partial charge in [0, 0.05) is 31.7 Å². The zero-order valence-electron chi connectivity index (χ0n) is 21.4. The molecule has 0 aliphatic heterocycles. The minimum atomic E-state index is -4.12. The van der Waals surface area contributed by atoms with E-state index in [4.69, 9.17) is 11.6 Å². The Balaban J connectivity index is 1.97. The van der Waals surface area contributed by atoms with E-state index in [1.54, 1.807) is 31.2 Å². The number of carbonyl (C=O) groups is 2. The van der Waals surface area contributed by atoms with Crippen LogP contribution in [0.15, 0.2) is 48.5 Å². The number of nitrogens with zero attached hydrogens (tertiary/aromatic N) is 3. The molecule has 1 atom stereocenters. The van der Waals surface area contributed by atoms with E-state index in [-0.39, 0.29) is 24.2 Å². The highest BCUT2D eigenvalue weighted by atomic mass is 35.5. The molecule has 8 nitrogen and oxygen atoms in total. The molecule has 1 saturated carbocycles. The van der Waals surface area contributed by atoms with Crippen molar-refractivity contribution in [3.8, 4) is 0 Å². The second-order valence-corrected chi connectivity index (χ2v) is 11.8. The summed E-state index contributed by atoms with van der Waals surface area (Å²) in [6.07, 6.45) is 4.18. The lowest BCUT2D eigenvalue weighted by Gasteiger charge is -2.34. The topological polar surface area (TPSA) is 90.0 Å². The van der Waals surface area contributed by atoms with Crippen molar-refractivity contribution in [2.75, 3.05) is 24.9 Å². The maximum Gasteiger partial charge on any atom is 0.304 e. The summed E-state index contributed by atoms with van der Waals surface area (Å²) in [7, 11) is -1.42. The van der Waals surface area contributed by atoms with Crippen molar-refractivity contribution in [3.63, 3.8) is 0 Å². The summed E-state index contributed by atoms with van der Waals surface area (Å²) in [4.78, 5) is 28.5. The van der Waals surface area contributed by atoms with Crippen molar-refractivity contribution in [1.82, 2.24) is 14.5 Å². The number of halogens is 2. The number of rotatable bonds is 11. The van der Waals surface area contributed by atoms with Crippen LogP contribution < -0.4 is 9.62 Å². The van der Waals surface area contributed by atoms with Gasteiger partial charge in [-0.3, -0.25) is 9.59 Å². The van der Waals surface area contributed by atoms with Gasteiger partial charge >= 0.3 is 10.2 Å². The smallest absolute Gasteiger partial charge is 0.304 e. The van der Waals surface area contributed by atoms with Gasteiger partial charge in [0.05, 0.1) is 5.69 Å². The fourth-order valence-corrected chi connectivity index (χ4v) is 5.67. The fourth-order valence-electron chi connectivity index (χ4n) is 4.42. The molecule has 2 amide bonds. The molecule has 37 heavy (non-hydrogen) atoms. The van der Waals surface area contributed by atoms with Crippen LogP contribution in [0, 0.1) is 5.82 Å². The lowest BCUT2D eigenvalue weighted by Crippen LogP contribution is -2.54. The number of anilines is 1. The number of carbonyl (C=O) groups excluding carboxylic acids is 2. The Morgan fingerprint density at radius 1 is 1.08 bits per heavy atom. The monoisotopic (exact) mass is 552 g/mol. The third kappa shape index (κ3) is 7.21. The minimum Gasteiger partial charge on any atom is -0.352 e. The molecule has 0 saturated heterocycles. The maximum atomic E-state index is 13.8. The summed E-state index contributed by atoms with van der Waals surface area (Å²) in [6.45, 7) is 1.25. The van der Waals surface area contributed by atoms with E-state index in [1.165, 1.54) is 31.1 Å².